The molecule has 2 fully saturated rings. The maximum atomic E-state index is 13.3. The smallest absolute Gasteiger partial charge is 0.328 e. The number of hydrogen-bond acceptors (Lipinski definition) is 6. The molecule has 1 aromatic heterocycles. The summed E-state index contributed by atoms with van der Waals surface area (Å²) >= 11 is 0. The molecule has 3 N–H and O–H groups in total. The second-order valence-corrected chi connectivity index (χ2v) is 9.54. The van der Waals surface area contributed by atoms with Crippen LogP contribution in [0.2, 0.25) is 0 Å². The van der Waals surface area contributed by atoms with E-state index in [9.17, 15) is 19.2 Å². The molecule has 2 aliphatic rings. The van der Waals surface area contributed by atoms with Crippen molar-refractivity contribution in [1.82, 2.24) is 15.6 Å². The number of aromatic amines is 1. The van der Waals surface area contributed by atoms with E-state index in [1.165, 1.54) is 7.11 Å². The Hall–Kier alpha value is -3.36. The van der Waals surface area contributed by atoms with Crippen molar-refractivity contribution in [3.63, 3.8) is 0 Å². The lowest BCUT2D eigenvalue weighted by atomic mass is 9.80. The molecule has 2 amide bonds. The van der Waals surface area contributed by atoms with E-state index in [2.05, 4.69) is 15.6 Å². The molecule has 2 aliphatic carbocycles. The first-order chi connectivity index (χ1) is 16.9. The molecule has 0 saturated heterocycles. The Morgan fingerprint density at radius 2 is 1.86 bits per heavy atom. The van der Waals surface area contributed by atoms with Crippen LogP contribution in [0.3, 0.4) is 0 Å². The lowest BCUT2D eigenvalue weighted by Gasteiger charge is -2.30. The molecule has 35 heavy (non-hydrogen) atoms. The van der Waals surface area contributed by atoms with Gasteiger partial charge in [0.05, 0.1) is 14.2 Å². The van der Waals surface area contributed by atoms with E-state index in [0.29, 0.717) is 36.6 Å². The SMILES string of the molecule is COC(=O)[C@H](C[C@@H]1CCCC1=O)NC(=O)[C@H](CC1CCC1)NC(=O)c1cc2c(OC)cccc2[nH]1. The minimum Gasteiger partial charge on any atom is -0.496 e. The highest BCUT2D eigenvalue weighted by Crippen LogP contribution is 2.31. The maximum absolute atomic E-state index is 13.3. The molecule has 1 heterocycles. The first-order valence-corrected chi connectivity index (χ1v) is 12.3. The van der Waals surface area contributed by atoms with E-state index in [1.807, 2.05) is 18.2 Å². The number of methoxy groups -OCH3 is 2. The highest BCUT2D eigenvalue weighted by atomic mass is 16.5. The number of ketones is 1. The Kier molecular flexibility index (Phi) is 7.73. The quantitative estimate of drug-likeness (QED) is 0.446. The lowest BCUT2D eigenvalue weighted by molar-refractivity contribution is -0.146. The van der Waals surface area contributed by atoms with Crippen LogP contribution in [-0.4, -0.2) is 54.9 Å². The van der Waals surface area contributed by atoms with Gasteiger partial charge < -0.3 is 25.1 Å². The Morgan fingerprint density at radius 3 is 2.49 bits per heavy atom. The van der Waals surface area contributed by atoms with Gasteiger partial charge in [-0.3, -0.25) is 14.4 Å². The van der Waals surface area contributed by atoms with Gasteiger partial charge in [-0.1, -0.05) is 25.3 Å². The molecule has 0 unspecified atom stereocenters. The molecule has 2 saturated carbocycles. The summed E-state index contributed by atoms with van der Waals surface area (Å²) in [6, 6.07) is 5.44. The molecule has 9 heteroatoms. The molecule has 1 aromatic carbocycles. The number of carbonyl (C=O) groups excluding carboxylic acids is 4. The van der Waals surface area contributed by atoms with Crippen LogP contribution in [0, 0.1) is 11.8 Å². The average molecular weight is 484 g/mol. The summed E-state index contributed by atoms with van der Waals surface area (Å²) in [4.78, 5) is 54.0. The van der Waals surface area contributed by atoms with Crippen LogP contribution in [-0.2, 0) is 19.1 Å². The number of benzene rings is 1. The summed E-state index contributed by atoms with van der Waals surface area (Å²) in [7, 11) is 2.83. The van der Waals surface area contributed by atoms with Gasteiger partial charge >= 0.3 is 5.97 Å². The molecule has 0 radical (unpaired) electrons. The van der Waals surface area contributed by atoms with E-state index in [4.69, 9.17) is 9.47 Å². The number of amides is 2. The molecule has 3 atom stereocenters. The van der Waals surface area contributed by atoms with Gasteiger partial charge in [0.15, 0.2) is 0 Å². The Balaban J connectivity index is 1.49. The molecule has 9 nitrogen and oxygen atoms in total. The third-order valence-corrected chi connectivity index (χ3v) is 7.26. The maximum Gasteiger partial charge on any atom is 0.328 e. The lowest BCUT2D eigenvalue weighted by Crippen LogP contribution is -2.53. The molecule has 0 bridgehead atoms. The molecule has 2 aromatic rings. The second kappa shape index (κ2) is 10.9. The summed E-state index contributed by atoms with van der Waals surface area (Å²) in [5.41, 5.74) is 1.07. The average Bonchev–Trinajstić information content (AvgIpc) is 3.45. The van der Waals surface area contributed by atoms with Gasteiger partial charge in [-0.25, -0.2) is 4.79 Å². The van der Waals surface area contributed by atoms with Crippen LogP contribution < -0.4 is 15.4 Å². The van der Waals surface area contributed by atoms with Crippen molar-refractivity contribution in [1.29, 1.82) is 0 Å². The number of rotatable bonds is 10. The normalized spacial score (nSPS) is 19.6. The molecule has 0 spiro atoms. The largest absolute Gasteiger partial charge is 0.496 e. The number of aromatic nitrogens is 1. The molecule has 4 rings (SSSR count). The van der Waals surface area contributed by atoms with Crippen molar-refractivity contribution in [2.75, 3.05) is 14.2 Å². The monoisotopic (exact) mass is 483 g/mol. The first-order valence-electron chi connectivity index (χ1n) is 12.3. The van der Waals surface area contributed by atoms with Crippen molar-refractivity contribution in [3.05, 3.63) is 30.0 Å². The zero-order valence-corrected chi connectivity index (χ0v) is 20.2. The zero-order chi connectivity index (χ0) is 24.9. The van der Waals surface area contributed by atoms with Gasteiger partial charge in [0, 0.05) is 23.2 Å². The van der Waals surface area contributed by atoms with Crippen molar-refractivity contribution in [3.8, 4) is 5.75 Å². The predicted molar refractivity (Wildman–Crippen MR) is 129 cm³/mol. The van der Waals surface area contributed by atoms with Crippen LogP contribution in [0.4, 0.5) is 0 Å². The second-order valence-electron chi connectivity index (χ2n) is 9.54. The van der Waals surface area contributed by atoms with Crippen molar-refractivity contribution in [2.24, 2.45) is 11.8 Å². The van der Waals surface area contributed by atoms with Crippen LogP contribution in [0.15, 0.2) is 24.3 Å². The third-order valence-electron chi connectivity index (χ3n) is 7.26. The fraction of sp³-hybridized carbons (Fsp3) is 0.538. The van der Waals surface area contributed by atoms with E-state index < -0.39 is 29.9 Å². The predicted octanol–water partition coefficient (Wildman–Crippen LogP) is 2.88. The summed E-state index contributed by atoms with van der Waals surface area (Å²) in [5, 5.41) is 6.38. The van der Waals surface area contributed by atoms with Crippen LogP contribution in [0.1, 0.15) is 61.9 Å². The van der Waals surface area contributed by atoms with Crippen LogP contribution in [0.5, 0.6) is 5.75 Å². The number of ether oxygens (including phenoxy) is 2. The molecular formula is C26H33N3O6. The van der Waals surface area contributed by atoms with E-state index >= 15 is 0 Å². The standard InChI is InChI=1S/C26H33N3O6/c1-34-23-11-5-9-18-17(23)14-20(27-18)25(32)28-19(12-15-6-3-7-15)24(31)29-21(26(33)35-2)13-16-8-4-10-22(16)30/h5,9,11,14-16,19,21,27H,3-4,6-8,10,12-13H2,1-2H3,(H,28,32)(H,29,31)/t16-,19-,21-/m0/s1. The van der Waals surface area contributed by atoms with Gasteiger partial charge in [-0.05, 0) is 49.8 Å². The topological polar surface area (TPSA) is 127 Å². The number of carbonyl (C=O) groups is 4. The van der Waals surface area contributed by atoms with Gasteiger partial charge in [0.1, 0.15) is 29.3 Å². The third kappa shape index (κ3) is 5.66. The van der Waals surface area contributed by atoms with Crippen molar-refractivity contribution in [2.45, 2.75) is 63.5 Å². The molecular weight excluding hydrogens is 450 g/mol. The van der Waals surface area contributed by atoms with Gasteiger partial charge in [0.25, 0.3) is 5.91 Å². The Labute approximate surface area is 204 Å². The van der Waals surface area contributed by atoms with Crippen LogP contribution >= 0.6 is 0 Å². The fourth-order valence-corrected chi connectivity index (χ4v) is 5.01. The van der Waals surface area contributed by atoms with Crippen LogP contribution in [0.25, 0.3) is 10.9 Å². The van der Waals surface area contributed by atoms with Gasteiger partial charge in [-0.2, -0.15) is 0 Å². The highest BCUT2D eigenvalue weighted by molar-refractivity contribution is 6.01. The minimum atomic E-state index is -0.933. The number of hydrogen-bond donors (Lipinski definition) is 3. The number of H-pyrrole nitrogens is 1. The molecule has 0 aliphatic heterocycles. The summed E-state index contributed by atoms with van der Waals surface area (Å²) in [5.74, 6) is -0.620. The summed E-state index contributed by atoms with van der Waals surface area (Å²) < 4.78 is 10.3. The number of esters is 1. The van der Waals surface area contributed by atoms with Gasteiger partial charge in [-0.15, -0.1) is 0 Å². The van der Waals surface area contributed by atoms with Crippen molar-refractivity contribution < 1.29 is 28.7 Å². The number of Topliss-reactive ketones (excluding diaryl/α,β-unsaturated/α-hetero) is 1. The minimum absolute atomic E-state index is 0.113. The fourth-order valence-electron chi connectivity index (χ4n) is 5.01. The van der Waals surface area contributed by atoms with Gasteiger partial charge in [0.2, 0.25) is 5.91 Å². The van der Waals surface area contributed by atoms with E-state index in [-0.39, 0.29) is 18.1 Å². The number of nitrogens with one attached hydrogen (secondary N) is 3. The number of fused-ring (bicyclic) bond motifs is 1. The summed E-state index contributed by atoms with van der Waals surface area (Å²) in [6.07, 6.45) is 5.79. The first kappa shape index (κ1) is 24.8. The van der Waals surface area contributed by atoms with E-state index in [1.54, 1.807) is 13.2 Å². The highest BCUT2D eigenvalue weighted by Gasteiger charge is 2.35. The Bertz CT molecular complexity index is 1110. The van der Waals surface area contributed by atoms with Crippen molar-refractivity contribution >= 4 is 34.5 Å². The Morgan fingerprint density at radius 1 is 1.06 bits per heavy atom. The zero-order valence-electron chi connectivity index (χ0n) is 20.2. The summed E-state index contributed by atoms with van der Waals surface area (Å²) in [6.45, 7) is 0. The van der Waals surface area contributed by atoms with E-state index in [0.717, 1.165) is 36.6 Å². The molecule has 188 valence electrons.